The van der Waals surface area contributed by atoms with Crippen LogP contribution in [0, 0.1) is 0 Å². The van der Waals surface area contributed by atoms with E-state index in [1.807, 2.05) is 0 Å². The number of rotatable bonds is 5. The maximum atomic E-state index is 12.4. The molecule has 0 radical (unpaired) electrons. The van der Waals surface area contributed by atoms with Crippen molar-refractivity contribution in [1.29, 1.82) is 0 Å². The van der Waals surface area contributed by atoms with E-state index in [1.54, 1.807) is 43.7 Å². The van der Waals surface area contributed by atoms with Gasteiger partial charge in [0, 0.05) is 26.2 Å². The molecule has 1 saturated heterocycles. The van der Waals surface area contributed by atoms with Crippen LogP contribution in [-0.4, -0.2) is 53.8 Å². The highest BCUT2D eigenvalue weighted by Crippen LogP contribution is 2.24. The first-order valence-electron chi connectivity index (χ1n) is 8.07. The second-order valence-electron chi connectivity index (χ2n) is 5.61. The topological polar surface area (TPSA) is 96.0 Å². The van der Waals surface area contributed by atoms with E-state index >= 15 is 0 Å². The first-order chi connectivity index (χ1) is 12.1. The van der Waals surface area contributed by atoms with Gasteiger partial charge in [0.2, 0.25) is 0 Å². The molecule has 0 bridgehead atoms. The lowest BCUT2D eigenvalue weighted by Crippen LogP contribution is -2.58. The van der Waals surface area contributed by atoms with Gasteiger partial charge in [0.05, 0.1) is 18.4 Å². The molecule has 0 saturated carbocycles. The fourth-order valence-electron chi connectivity index (χ4n) is 2.78. The number of carbonyl (C=O) groups excluding carboxylic acids is 3. The molecule has 0 unspecified atom stereocenters. The van der Waals surface area contributed by atoms with Crippen LogP contribution in [0.2, 0.25) is 0 Å². The van der Waals surface area contributed by atoms with Crippen LogP contribution in [0.15, 0.2) is 45.6 Å². The molecule has 0 atom stereocenters. The third-order valence-electron chi connectivity index (χ3n) is 4.17. The maximum Gasteiger partial charge on any atom is 0.324 e. The molecule has 0 aromatic carbocycles. The quantitative estimate of drug-likeness (QED) is 0.827. The van der Waals surface area contributed by atoms with E-state index in [2.05, 4.69) is 5.32 Å². The Balaban J connectivity index is 1.66. The van der Waals surface area contributed by atoms with Gasteiger partial charge in [-0.2, -0.15) is 0 Å². The summed E-state index contributed by atoms with van der Waals surface area (Å²) < 4.78 is 10.8. The highest BCUT2D eigenvalue weighted by molar-refractivity contribution is 6.38. The average molecular weight is 345 g/mol. The van der Waals surface area contributed by atoms with Gasteiger partial charge < -0.3 is 19.1 Å². The molecule has 0 spiro atoms. The number of piperazine rings is 1. The Labute approximate surface area is 144 Å². The number of furan rings is 2. The molecule has 25 heavy (non-hydrogen) atoms. The van der Waals surface area contributed by atoms with Crippen LogP contribution >= 0.6 is 0 Å². The standard InChI is InChI=1S/C17H19N3O5/c1-2-19-7-8-20(16(22)15(19)21)17(23)18-11-12(13-5-3-9-24-13)14-6-4-10-25-14/h3-6,9-10,12H,2,7-8,11H2,1H3,(H,18,23). The van der Waals surface area contributed by atoms with Crippen molar-refractivity contribution in [3.63, 3.8) is 0 Å². The zero-order chi connectivity index (χ0) is 17.8. The van der Waals surface area contributed by atoms with Gasteiger partial charge in [-0.1, -0.05) is 0 Å². The Kier molecular flexibility index (Phi) is 4.87. The van der Waals surface area contributed by atoms with E-state index in [-0.39, 0.29) is 19.0 Å². The summed E-state index contributed by atoms with van der Waals surface area (Å²) in [5.41, 5.74) is 0. The number of carbonyl (C=O) groups is 3. The summed E-state index contributed by atoms with van der Waals surface area (Å²) in [6, 6.07) is 6.47. The van der Waals surface area contributed by atoms with Gasteiger partial charge in [0.1, 0.15) is 11.5 Å². The maximum absolute atomic E-state index is 12.4. The van der Waals surface area contributed by atoms with Crippen LogP contribution in [-0.2, 0) is 9.59 Å². The number of urea groups is 1. The Hall–Kier alpha value is -3.03. The van der Waals surface area contributed by atoms with E-state index in [1.165, 1.54) is 4.90 Å². The number of nitrogens with zero attached hydrogens (tertiary/aromatic N) is 2. The summed E-state index contributed by atoms with van der Waals surface area (Å²) in [4.78, 5) is 38.7. The number of imide groups is 1. The molecular formula is C17H19N3O5. The Morgan fingerprint density at radius 3 is 2.28 bits per heavy atom. The van der Waals surface area contributed by atoms with Crippen LogP contribution in [0.3, 0.4) is 0 Å². The third-order valence-corrected chi connectivity index (χ3v) is 4.17. The fourth-order valence-corrected chi connectivity index (χ4v) is 2.78. The monoisotopic (exact) mass is 345 g/mol. The van der Waals surface area contributed by atoms with Crippen molar-refractivity contribution in [2.75, 3.05) is 26.2 Å². The Morgan fingerprint density at radius 1 is 1.12 bits per heavy atom. The zero-order valence-corrected chi connectivity index (χ0v) is 13.8. The largest absolute Gasteiger partial charge is 0.469 e. The molecule has 3 rings (SSSR count). The summed E-state index contributed by atoms with van der Waals surface area (Å²) >= 11 is 0. The smallest absolute Gasteiger partial charge is 0.324 e. The van der Waals surface area contributed by atoms with E-state index < -0.39 is 17.8 Å². The SMILES string of the molecule is CCN1CCN(C(=O)NCC(c2ccco2)c2ccco2)C(=O)C1=O. The van der Waals surface area contributed by atoms with E-state index in [4.69, 9.17) is 8.83 Å². The van der Waals surface area contributed by atoms with Crippen LogP contribution in [0.5, 0.6) is 0 Å². The Morgan fingerprint density at radius 2 is 1.76 bits per heavy atom. The van der Waals surface area contributed by atoms with Crippen LogP contribution in [0.1, 0.15) is 24.4 Å². The number of nitrogens with one attached hydrogen (secondary N) is 1. The molecule has 0 aliphatic carbocycles. The summed E-state index contributed by atoms with van der Waals surface area (Å²) in [5, 5.41) is 2.69. The third kappa shape index (κ3) is 3.42. The lowest BCUT2D eigenvalue weighted by atomic mass is 10.0. The normalized spacial score (nSPS) is 15.1. The second-order valence-corrected chi connectivity index (χ2v) is 5.61. The van der Waals surface area contributed by atoms with Crippen molar-refractivity contribution >= 4 is 17.8 Å². The van der Waals surface area contributed by atoms with Gasteiger partial charge in [-0.25, -0.2) is 4.79 Å². The first-order valence-corrected chi connectivity index (χ1v) is 8.07. The van der Waals surface area contributed by atoms with Gasteiger partial charge in [0.25, 0.3) is 0 Å². The molecule has 8 heteroatoms. The van der Waals surface area contributed by atoms with E-state index in [0.717, 1.165) is 4.90 Å². The first kappa shape index (κ1) is 16.8. The van der Waals surface area contributed by atoms with E-state index in [9.17, 15) is 14.4 Å². The molecule has 1 aliphatic heterocycles. The minimum atomic E-state index is -0.807. The predicted octanol–water partition coefficient (Wildman–Crippen LogP) is 1.40. The summed E-state index contributed by atoms with van der Waals surface area (Å²) in [7, 11) is 0. The lowest BCUT2D eigenvalue weighted by Gasteiger charge is -2.31. The van der Waals surface area contributed by atoms with Crippen molar-refractivity contribution in [2.24, 2.45) is 0 Å². The van der Waals surface area contributed by atoms with Crippen molar-refractivity contribution in [2.45, 2.75) is 12.8 Å². The van der Waals surface area contributed by atoms with Crippen LogP contribution in [0.25, 0.3) is 0 Å². The summed E-state index contributed by atoms with van der Waals surface area (Å²) in [6.07, 6.45) is 3.08. The summed E-state index contributed by atoms with van der Waals surface area (Å²) in [5.74, 6) is -0.519. The predicted molar refractivity (Wildman–Crippen MR) is 86.6 cm³/mol. The Bertz CT molecular complexity index is 704. The molecule has 8 nitrogen and oxygen atoms in total. The van der Waals surface area contributed by atoms with Crippen LogP contribution in [0.4, 0.5) is 4.79 Å². The molecule has 1 N–H and O–H groups in total. The zero-order valence-electron chi connectivity index (χ0n) is 13.8. The molecule has 4 amide bonds. The molecule has 132 valence electrons. The number of hydrogen-bond donors (Lipinski definition) is 1. The molecule has 1 aliphatic rings. The fraction of sp³-hybridized carbons (Fsp3) is 0.353. The average Bonchev–Trinajstić information content (AvgIpc) is 3.31. The van der Waals surface area contributed by atoms with Gasteiger partial charge in [-0.15, -0.1) is 0 Å². The van der Waals surface area contributed by atoms with Crippen LogP contribution < -0.4 is 5.32 Å². The number of likely N-dealkylation sites (N-methyl/N-ethyl adjacent to an activating group) is 1. The van der Waals surface area contributed by atoms with Crippen molar-refractivity contribution < 1.29 is 23.2 Å². The van der Waals surface area contributed by atoms with Gasteiger partial charge in [0.15, 0.2) is 0 Å². The number of hydrogen-bond acceptors (Lipinski definition) is 5. The molecule has 3 heterocycles. The lowest BCUT2D eigenvalue weighted by molar-refractivity contribution is -0.153. The summed E-state index contributed by atoms with van der Waals surface area (Å²) in [6.45, 7) is 2.93. The van der Waals surface area contributed by atoms with Crippen molar-refractivity contribution in [3.8, 4) is 0 Å². The molecular weight excluding hydrogens is 326 g/mol. The van der Waals surface area contributed by atoms with E-state index in [0.29, 0.717) is 24.6 Å². The minimum Gasteiger partial charge on any atom is -0.469 e. The van der Waals surface area contributed by atoms with Crippen molar-refractivity contribution in [3.05, 3.63) is 48.3 Å². The number of amides is 4. The molecule has 2 aromatic rings. The highest BCUT2D eigenvalue weighted by Gasteiger charge is 2.35. The second kappa shape index (κ2) is 7.25. The van der Waals surface area contributed by atoms with Gasteiger partial charge >= 0.3 is 17.8 Å². The van der Waals surface area contributed by atoms with Gasteiger partial charge in [-0.05, 0) is 31.2 Å². The molecule has 2 aromatic heterocycles. The molecule has 1 fully saturated rings. The van der Waals surface area contributed by atoms with Crippen molar-refractivity contribution in [1.82, 2.24) is 15.1 Å². The highest BCUT2D eigenvalue weighted by atomic mass is 16.3. The van der Waals surface area contributed by atoms with Gasteiger partial charge in [-0.3, -0.25) is 14.5 Å². The minimum absolute atomic E-state index is 0.176.